The van der Waals surface area contributed by atoms with Crippen LogP contribution in [-0.2, 0) is 23.8 Å². The first-order valence-corrected chi connectivity index (χ1v) is 14.5. The fourth-order valence-corrected chi connectivity index (χ4v) is 9.88. The third-order valence-electron chi connectivity index (χ3n) is 11.7. The molecule has 0 unspecified atom stereocenters. The molecule has 6 aliphatic rings. The standard InChI is InChI=1S/C29H42O10/c1-14-23(33)24(34)25(35)26(38-14)39-16-5-7-28(13-30)22-17(6-8-29(28,36)10-16)19-4-3-18(15-9-21(32)37-12-15)27(19,2)11-20(22)31/h9,13-14,16-20,22-26,31,33-36H,3-8,10-12H2,1-2H3/t14-,16-,17-,18+,19+,20+,22+,23-,24+,25+,26-,27+,28-,29-/m0/s1. The molecule has 0 aromatic heterocycles. The van der Waals surface area contributed by atoms with E-state index in [2.05, 4.69) is 6.92 Å². The largest absolute Gasteiger partial charge is 0.458 e. The lowest BCUT2D eigenvalue weighted by atomic mass is 9.42. The summed E-state index contributed by atoms with van der Waals surface area (Å²) in [6, 6.07) is 0. The number of cyclic esters (lactones) is 1. The highest BCUT2D eigenvalue weighted by molar-refractivity contribution is 5.85. The normalized spacial score (nSPS) is 55.2. The van der Waals surface area contributed by atoms with E-state index in [1.165, 1.54) is 0 Å². The Morgan fingerprint density at radius 3 is 2.49 bits per heavy atom. The van der Waals surface area contributed by atoms with Gasteiger partial charge in [-0.1, -0.05) is 6.92 Å². The highest BCUT2D eigenvalue weighted by atomic mass is 16.7. The fraction of sp³-hybridized carbons (Fsp3) is 0.862. The van der Waals surface area contributed by atoms with Gasteiger partial charge in [-0.2, -0.15) is 0 Å². The van der Waals surface area contributed by atoms with Crippen molar-refractivity contribution < 1.29 is 49.3 Å². The Labute approximate surface area is 228 Å². The molecule has 0 spiro atoms. The molecular formula is C29H42O10. The SMILES string of the molecule is C[C@@H]1O[C@@H](O[C@H]2CC[C@]3(C=O)[C@@H]4[C@@H](CC[C@]3(O)C2)[C@H]2CC[C@H](C3=CC(=O)OC3)[C@@]2(C)C[C@H]4O)[C@H](O)[C@H](O)[C@H]1O. The summed E-state index contributed by atoms with van der Waals surface area (Å²) in [5.41, 5.74) is -1.71. The van der Waals surface area contributed by atoms with Crippen molar-refractivity contribution in [3.63, 3.8) is 0 Å². The number of esters is 1. The van der Waals surface area contributed by atoms with E-state index >= 15 is 0 Å². The summed E-state index contributed by atoms with van der Waals surface area (Å²) in [7, 11) is 0. The minimum Gasteiger partial charge on any atom is -0.458 e. The second kappa shape index (κ2) is 9.58. The van der Waals surface area contributed by atoms with E-state index in [0.717, 1.165) is 24.7 Å². The molecule has 10 nitrogen and oxygen atoms in total. The van der Waals surface area contributed by atoms with E-state index in [9.17, 15) is 35.1 Å². The van der Waals surface area contributed by atoms with Crippen LogP contribution >= 0.6 is 0 Å². The number of fused-ring (bicyclic) bond motifs is 5. The maximum Gasteiger partial charge on any atom is 0.331 e. The molecule has 1 saturated heterocycles. The molecule has 2 heterocycles. The molecule has 4 aliphatic carbocycles. The first kappa shape index (κ1) is 27.8. The van der Waals surface area contributed by atoms with Crippen LogP contribution in [0.2, 0.25) is 0 Å². The molecule has 39 heavy (non-hydrogen) atoms. The molecular weight excluding hydrogens is 508 g/mol. The number of hydrogen-bond donors (Lipinski definition) is 5. The number of ether oxygens (including phenoxy) is 3. The fourth-order valence-electron chi connectivity index (χ4n) is 9.88. The topological polar surface area (TPSA) is 163 Å². The van der Waals surface area contributed by atoms with Crippen LogP contribution in [0.5, 0.6) is 0 Å². The Hall–Kier alpha value is -1.40. The quantitative estimate of drug-likeness (QED) is 0.190. The molecule has 10 heteroatoms. The van der Waals surface area contributed by atoms with Crippen LogP contribution in [0.15, 0.2) is 11.6 Å². The van der Waals surface area contributed by atoms with Gasteiger partial charge in [-0.15, -0.1) is 0 Å². The molecule has 6 rings (SSSR count). The molecule has 0 bridgehead atoms. The summed E-state index contributed by atoms with van der Waals surface area (Å²) in [6.45, 7) is 4.10. The van der Waals surface area contributed by atoms with Gasteiger partial charge >= 0.3 is 5.97 Å². The predicted octanol–water partition coefficient (Wildman–Crippen LogP) is 0.606. The van der Waals surface area contributed by atoms with Crippen molar-refractivity contribution in [3.8, 4) is 0 Å². The Morgan fingerprint density at radius 1 is 1.03 bits per heavy atom. The Balaban J connectivity index is 1.22. The Bertz CT molecular complexity index is 1030. The van der Waals surface area contributed by atoms with Gasteiger partial charge in [0.2, 0.25) is 0 Å². The van der Waals surface area contributed by atoms with E-state index in [-0.39, 0.29) is 41.5 Å². The lowest BCUT2D eigenvalue weighted by Gasteiger charge is -2.64. The van der Waals surface area contributed by atoms with Crippen LogP contribution in [0.25, 0.3) is 0 Å². The molecule has 218 valence electrons. The van der Waals surface area contributed by atoms with Crippen LogP contribution in [0.1, 0.15) is 65.2 Å². The monoisotopic (exact) mass is 550 g/mol. The van der Waals surface area contributed by atoms with Gasteiger partial charge in [0.25, 0.3) is 0 Å². The highest BCUT2D eigenvalue weighted by Crippen LogP contribution is 2.69. The average Bonchev–Trinajstić information content (AvgIpc) is 3.47. The van der Waals surface area contributed by atoms with Gasteiger partial charge in [0.15, 0.2) is 6.29 Å². The molecule has 14 atom stereocenters. The van der Waals surface area contributed by atoms with E-state index in [0.29, 0.717) is 38.7 Å². The van der Waals surface area contributed by atoms with Crippen molar-refractivity contribution in [1.29, 1.82) is 0 Å². The van der Waals surface area contributed by atoms with E-state index in [4.69, 9.17) is 14.2 Å². The van der Waals surface area contributed by atoms with Gasteiger partial charge in [-0.05, 0) is 80.6 Å². The molecule has 0 aromatic carbocycles. The average molecular weight is 551 g/mol. The summed E-state index contributed by atoms with van der Waals surface area (Å²) in [5.74, 6) is -0.191. The number of carbonyl (C=O) groups excluding carboxylic acids is 2. The number of rotatable bonds is 4. The molecule has 4 saturated carbocycles. The van der Waals surface area contributed by atoms with Crippen LogP contribution in [0, 0.1) is 34.5 Å². The molecule has 5 N–H and O–H groups in total. The van der Waals surface area contributed by atoms with Crippen molar-refractivity contribution in [2.75, 3.05) is 6.61 Å². The first-order valence-electron chi connectivity index (χ1n) is 14.5. The van der Waals surface area contributed by atoms with Crippen molar-refractivity contribution >= 4 is 12.3 Å². The smallest absolute Gasteiger partial charge is 0.331 e. The molecule has 0 amide bonds. The lowest BCUT2D eigenvalue weighted by molar-refractivity contribution is -0.317. The van der Waals surface area contributed by atoms with Crippen molar-refractivity contribution in [1.82, 2.24) is 0 Å². The third-order valence-corrected chi connectivity index (χ3v) is 11.7. The number of aldehydes is 1. The number of carbonyl (C=O) groups is 2. The van der Waals surface area contributed by atoms with Crippen LogP contribution in [0.3, 0.4) is 0 Å². The predicted molar refractivity (Wildman–Crippen MR) is 135 cm³/mol. The van der Waals surface area contributed by atoms with E-state index < -0.39 is 53.9 Å². The summed E-state index contributed by atoms with van der Waals surface area (Å²) in [5, 5.41) is 54.4. The zero-order valence-corrected chi connectivity index (χ0v) is 22.6. The van der Waals surface area contributed by atoms with Gasteiger partial charge in [0, 0.05) is 18.4 Å². The van der Waals surface area contributed by atoms with Gasteiger partial charge in [0.1, 0.15) is 31.2 Å². The van der Waals surface area contributed by atoms with Crippen LogP contribution in [0.4, 0.5) is 0 Å². The van der Waals surface area contributed by atoms with E-state index in [1.54, 1.807) is 13.0 Å². The second-order valence-electron chi connectivity index (χ2n) is 13.4. The summed E-state index contributed by atoms with van der Waals surface area (Å²) >= 11 is 0. The maximum absolute atomic E-state index is 13.0. The zero-order chi connectivity index (χ0) is 27.9. The summed E-state index contributed by atoms with van der Waals surface area (Å²) < 4.78 is 16.9. The van der Waals surface area contributed by atoms with Gasteiger partial charge in [-0.3, -0.25) is 0 Å². The van der Waals surface area contributed by atoms with E-state index in [1.807, 2.05) is 0 Å². The van der Waals surface area contributed by atoms with Crippen LogP contribution < -0.4 is 0 Å². The summed E-state index contributed by atoms with van der Waals surface area (Å²) in [6.07, 6.45) is -0.458. The number of hydrogen-bond acceptors (Lipinski definition) is 10. The van der Waals surface area contributed by atoms with Gasteiger partial charge in [0.05, 0.1) is 29.3 Å². The third kappa shape index (κ3) is 4.00. The molecule has 0 radical (unpaired) electrons. The number of aliphatic hydroxyl groups is 5. The molecule has 0 aromatic rings. The van der Waals surface area contributed by atoms with Gasteiger partial charge in [-0.25, -0.2) is 4.79 Å². The minimum absolute atomic E-state index is 0.0753. The van der Waals surface area contributed by atoms with Crippen molar-refractivity contribution in [3.05, 3.63) is 11.6 Å². The lowest BCUT2D eigenvalue weighted by Crippen LogP contribution is -2.68. The minimum atomic E-state index is -1.44. The number of aliphatic hydroxyl groups excluding tert-OH is 4. The Kier molecular flexibility index (Phi) is 6.81. The Morgan fingerprint density at radius 2 is 1.79 bits per heavy atom. The highest BCUT2D eigenvalue weighted by Gasteiger charge is 2.69. The molecule has 5 fully saturated rings. The van der Waals surface area contributed by atoms with Crippen molar-refractivity contribution in [2.45, 2.75) is 114 Å². The first-order chi connectivity index (χ1) is 18.4. The second-order valence-corrected chi connectivity index (χ2v) is 13.4. The maximum atomic E-state index is 13.0. The van der Waals surface area contributed by atoms with Crippen LogP contribution in [-0.4, -0.2) is 92.9 Å². The van der Waals surface area contributed by atoms with Gasteiger partial charge < -0.3 is 44.5 Å². The zero-order valence-electron chi connectivity index (χ0n) is 22.6. The molecule has 2 aliphatic heterocycles. The summed E-state index contributed by atoms with van der Waals surface area (Å²) in [4.78, 5) is 24.8. The van der Waals surface area contributed by atoms with Crippen molar-refractivity contribution in [2.24, 2.45) is 34.5 Å².